The quantitative estimate of drug-likeness (QED) is 0.308. The number of fused-ring (bicyclic) bond motifs is 1. The van der Waals surface area contributed by atoms with Gasteiger partial charge in [-0.15, -0.1) is 11.3 Å². The van der Waals surface area contributed by atoms with Gasteiger partial charge in [0.1, 0.15) is 0 Å². The number of hydrogen-bond donors (Lipinski definition) is 1. The molecular weight excluding hydrogens is 442 g/mol. The van der Waals surface area contributed by atoms with E-state index in [2.05, 4.69) is 26.2 Å². The lowest BCUT2D eigenvalue weighted by Gasteiger charge is -2.11. The first-order valence-electron chi connectivity index (χ1n) is 8.22. The molecule has 0 aliphatic heterocycles. The summed E-state index contributed by atoms with van der Waals surface area (Å²) in [6, 6.07) is 17.3. The van der Waals surface area contributed by atoms with Crippen LogP contribution in [0, 0.1) is 10.1 Å². The number of hydrogen-bond acceptors (Lipinski definition) is 5. The Morgan fingerprint density at radius 2 is 1.93 bits per heavy atom. The summed E-state index contributed by atoms with van der Waals surface area (Å²) in [7, 11) is 0. The molecule has 6 nitrogen and oxygen atoms in total. The van der Waals surface area contributed by atoms with Crippen LogP contribution in [0.4, 0.5) is 11.4 Å². The molecule has 2 aromatic heterocycles. The topological polar surface area (TPSA) is 85.1 Å². The molecule has 4 rings (SSSR count). The fourth-order valence-corrected chi connectivity index (χ4v) is 3.97. The monoisotopic (exact) mass is 453 g/mol. The number of non-ortho nitro benzene ring substituents is 1. The van der Waals surface area contributed by atoms with Gasteiger partial charge in [0, 0.05) is 22.0 Å². The van der Waals surface area contributed by atoms with Gasteiger partial charge in [-0.05, 0) is 45.6 Å². The van der Waals surface area contributed by atoms with Crippen molar-refractivity contribution in [2.45, 2.75) is 0 Å². The zero-order chi connectivity index (χ0) is 19.7. The number of nitro benzene ring substituents is 1. The molecular formula is C20H12BrN3O3S. The van der Waals surface area contributed by atoms with Crippen molar-refractivity contribution in [2.24, 2.45) is 0 Å². The zero-order valence-electron chi connectivity index (χ0n) is 14.3. The van der Waals surface area contributed by atoms with Crippen LogP contribution in [-0.2, 0) is 0 Å². The Labute approximate surface area is 172 Å². The van der Waals surface area contributed by atoms with Crippen LogP contribution in [0.25, 0.3) is 21.5 Å². The van der Waals surface area contributed by atoms with E-state index < -0.39 is 4.92 Å². The largest absolute Gasteiger partial charge is 0.321 e. The van der Waals surface area contributed by atoms with Crippen molar-refractivity contribution in [3.63, 3.8) is 0 Å². The lowest BCUT2D eigenvalue weighted by atomic mass is 10.1. The van der Waals surface area contributed by atoms with Crippen LogP contribution in [0.15, 0.2) is 70.5 Å². The van der Waals surface area contributed by atoms with E-state index in [-0.39, 0.29) is 11.6 Å². The van der Waals surface area contributed by atoms with E-state index in [9.17, 15) is 14.9 Å². The third kappa shape index (κ3) is 3.51. The van der Waals surface area contributed by atoms with Crippen LogP contribution >= 0.6 is 27.3 Å². The van der Waals surface area contributed by atoms with Crippen molar-refractivity contribution in [3.05, 3.63) is 86.2 Å². The number of aromatic nitrogens is 1. The first-order chi connectivity index (χ1) is 13.5. The minimum Gasteiger partial charge on any atom is -0.321 e. The summed E-state index contributed by atoms with van der Waals surface area (Å²) >= 11 is 4.83. The number of rotatable bonds is 4. The van der Waals surface area contributed by atoms with Gasteiger partial charge in [-0.1, -0.05) is 24.3 Å². The molecule has 4 aromatic rings. The van der Waals surface area contributed by atoms with Gasteiger partial charge >= 0.3 is 0 Å². The normalized spacial score (nSPS) is 10.8. The van der Waals surface area contributed by atoms with Crippen molar-refractivity contribution in [1.29, 1.82) is 0 Å². The summed E-state index contributed by atoms with van der Waals surface area (Å²) in [5.74, 6) is -0.314. The van der Waals surface area contributed by atoms with Crippen molar-refractivity contribution in [2.75, 3.05) is 5.32 Å². The summed E-state index contributed by atoms with van der Waals surface area (Å²) < 4.78 is 0.437. The van der Waals surface area contributed by atoms with Gasteiger partial charge in [0.05, 0.1) is 32.3 Å². The van der Waals surface area contributed by atoms with Crippen molar-refractivity contribution in [1.82, 2.24) is 4.98 Å². The van der Waals surface area contributed by atoms with Crippen LogP contribution in [0.1, 0.15) is 10.4 Å². The maximum Gasteiger partial charge on any atom is 0.270 e. The number of carbonyl (C=O) groups excluding carboxylic acids is 1. The summed E-state index contributed by atoms with van der Waals surface area (Å²) in [6.45, 7) is 0. The van der Waals surface area contributed by atoms with Crippen LogP contribution in [0.3, 0.4) is 0 Å². The van der Waals surface area contributed by atoms with Crippen molar-refractivity contribution in [3.8, 4) is 10.6 Å². The van der Waals surface area contributed by atoms with Gasteiger partial charge < -0.3 is 5.32 Å². The number of thiophene rings is 1. The molecule has 1 N–H and O–H groups in total. The molecule has 0 radical (unpaired) electrons. The molecule has 138 valence electrons. The lowest BCUT2D eigenvalue weighted by Crippen LogP contribution is -2.13. The highest BCUT2D eigenvalue weighted by Crippen LogP contribution is 2.30. The maximum absolute atomic E-state index is 13.0. The van der Waals surface area contributed by atoms with E-state index in [1.165, 1.54) is 18.2 Å². The number of amides is 1. The highest BCUT2D eigenvalue weighted by atomic mass is 79.9. The molecule has 2 aromatic carbocycles. The van der Waals surface area contributed by atoms with Gasteiger partial charge in [-0.2, -0.15) is 0 Å². The molecule has 0 unspecified atom stereocenters. The Bertz CT molecular complexity index is 1210. The smallest absolute Gasteiger partial charge is 0.270 e. The van der Waals surface area contributed by atoms with Gasteiger partial charge in [-0.3, -0.25) is 14.9 Å². The highest BCUT2D eigenvalue weighted by Gasteiger charge is 2.16. The van der Waals surface area contributed by atoms with Crippen molar-refractivity contribution >= 4 is 55.5 Å². The Kier molecular flexibility index (Phi) is 4.89. The van der Waals surface area contributed by atoms with E-state index in [1.54, 1.807) is 17.4 Å². The third-order valence-corrected chi connectivity index (χ3v) is 5.69. The standard InChI is InChI=1S/C20H12BrN3O3S/c21-15-10-12(24(26)27)7-8-17(15)23-20(25)14-11-18(19-6-3-9-28-19)22-16-5-2-1-4-13(14)16/h1-11H,(H,23,25). The number of carbonyl (C=O) groups is 1. The average molecular weight is 454 g/mol. The SMILES string of the molecule is O=C(Nc1ccc([N+](=O)[O-])cc1Br)c1cc(-c2cccs2)nc2ccccc12. The molecule has 0 aliphatic rings. The number of para-hydroxylation sites is 1. The second-order valence-corrected chi connectivity index (χ2v) is 7.73. The second-order valence-electron chi connectivity index (χ2n) is 5.92. The summed E-state index contributed by atoms with van der Waals surface area (Å²) in [5.41, 5.74) is 2.33. The molecule has 1 amide bonds. The summed E-state index contributed by atoms with van der Waals surface area (Å²) in [6.07, 6.45) is 0. The van der Waals surface area contributed by atoms with E-state index in [4.69, 9.17) is 0 Å². The summed E-state index contributed by atoms with van der Waals surface area (Å²) in [5, 5.41) is 16.4. The molecule has 8 heteroatoms. The molecule has 0 saturated carbocycles. The Morgan fingerprint density at radius 3 is 2.64 bits per heavy atom. The van der Waals surface area contributed by atoms with Gasteiger partial charge in [0.2, 0.25) is 0 Å². The second kappa shape index (κ2) is 7.49. The van der Waals surface area contributed by atoms with Gasteiger partial charge in [-0.25, -0.2) is 4.98 Å². The number of anilines is 1. The predicted molar refractivity (Wildman–Crippen MR) is 114 cm³/mol. The van der Waals surface area contributed by atoms with Crippen LogP contribution in [-0.4, -0.2) is 15.8 Å². The first kappa shape index (κ1) is 18.3. The molecule has 0 bridgehead atoms. The Hall–Kier alpha value is -3.10. The third-order valence-electron chi connectivity index (χ3n) is 4.15. The summed E-state index contributed by atoms with van der Waals surface area (Å²) in [4.78, 5) is 29.1. The van der Waals surface area contributed by atoms with E-state index >= 15 is 0 Å². The molecule has 0 aliphatic carbocycles. The fraction of sp³-hybridized carbons (Fsp3) is 0. The predicted octanol–water partition coefficient (Wildman–Crippen LogP) is 5.89. The molecule has 0 fully saturated rings. The number of pyridine rings is 1. The average Bonchev–Trinajstić information content (AvgIpc) is 3.23. The minimum absolute atomic E-state index is 0.0563. The molecule has 28 heavy (non-hydrogen) atoms. The van der Waals surface area contributed by atoms with E-state index in [1.807, 2.05) is 41.8 Å². The number of benzene rings is 2. The minimum atomic E-state index is -0.486. The lowest BCUT2D eigenvalue weighted by molar-refractivity contribution is -0.384. The Balaban J connectivity index is 1.76. The number of nitrogens with zero attached hydrogens (tertiary/aromatic N) is 2. The van der Waals surface area contributed by atoms with Crippen LogP contribution in [0.2, 0.25) is 0 Å². The molecule has 0 spiro atoms. The van der Waals surface area contributed by atoms with E-state index in [0.29, 0.717) is 15.7 Å². The first-order valence-corrected chi connectivity index (χ1v) is 9.89. The molecule has 2 heterocycles. The van der Waals surface area contributed by atoms with Crippen LogP contribution in [0.5, 0.6) is 0 Å². The molecule has 0 atom stereocenters. The fourth-order valence-electron chi connectivity index (χ4n) is 2.82. The van der Waals surface area contributed by atoms with Crippen LogP contribution < -0.4 is 5.32 Å². The zero-order valence-corrected chi connectivity index (χ0v) is 16.7. The number of halogens is 1. The van der Waals surface area contributed by atoms with Gasteiger partial charge in [0.25, 0.3) is 11.6 Å². The van der Waals surface area contributed by atoms with E-state index in [0.717, 1.165) is 21.5 Å². The number of nitro groups is 1. The van der Waals surface area contributed by atoms with Crippen molar-refractivity contribution < 1.29 is 9.72 Å². The molecule has 0 saturated heterocycles. The maximum atomic E-state index is 13.0. The Morgan fingerprint density at radius 1 is 1.11 bits per heavy atom. The van der Waals surface area contributed by atoms with Gasteiger partial charge in [0.15, 0.2) is 0 Å². The highest BCUT2D eigenvalue weighted by molar-refractivity contribution is 9.10. The number of nitrogens with one attached hydrogen (secondary N) is 1.